The van der Waals surface area contributed by atoms with Gasteiger partial charge in [-0.25, -0.2) is 14.6 Å². The van der Waals surface area contributed by atoms with Crippen molar-refractivity contribution in [2.75, 3.05) is 69.5 Å². The van der Waals surface area contributed by atoms with E-state index in [0.29, 0.717) is 92.0 Å². The molecule has 0 bridgehead atoms. The number of unbranched alkanes of at least 4 members (excludes halogenated alkanes) is 1. The summed E-state index contributed by atoms with van der Waals surface area (Å²) in [6.07, 6.45) is 3.23. The second kappa shape index (κ2) is 18.2. The Hall–Kier alpha value is -6.51. The van der Waals surface area contributed by atoms with Gasteiger partial charge in [0.1, 0.15) is 29.4 Å². The summed E-state index contributed by atoms with van der Waals surface area (Å²) < 4.78 is 23.8. The highest BCUT2D eigenvalue weighted by molar-refractivity contribution is 6.25. The molecule has 7 N–H and O–H groups in total. The maximum atomic E-state index is 13.2. The minimum absolute atomic E-state index is 0.0528. The summed E-state index contributed by atoms with van der Waals surface area (Å²) in [6, 6.07) is 9.40. The molecule has 20 heteroatoms. The van der Waals surface area contributed by atoms with E-state index >= 15 is 0 Å². The van der Waals surface area contributed by atoms with E-state index < -0.39 is 29.7 Å². The summed E-state index contributed by atoms with van der Waals surface area (Å²) in [5, 5.41) is 13.7. The number of aromatic nitrogens is 5. The van der Waals surface area contributed by atoms with Crippen molar-refractivity contribution in [2.45, 2.75) is 44.7 Å². The lowest BCUT2D eigenvalue weighted by atomic mass is 10.0. The highest BCUT2D eigenvalue weighted by Gasteiger charge is 2.45. The lowest BCUT2D eigenvalue weighted by Gasteiger charge is -2.27. The molecule has 1 unspecified atom stereocenters. The molecule has 58 heavy (non-hydrogen) atoms. The van der Waals surface area contributed by atoms with Gasteiger partial charge in [-0.05, 0) is 49.6 Å². The normalized spacial score (nSPS) is 15.4. The molecule has 7 rings (SSSR count). The Morgan fingerprint density at radius 1 is 0.931 bits per heavy atom. The molecule has 0 spiro atoms. The van der Waals surface area contributed by atoms with Gasteiger partial charge in [0.2, 0.25) is 17.7 Å². The molecule has 0 saturated carbocycles. The lowest BCUT2D eigenvalue weighted by Crippen LogP contribution is -2.54. The number of hydrogen-bond donors (Lipinski definition) is 5. The Labute approximate surface area is 330 Å². The molecule has 5 heterocycles. The number of amides is 5. The molecule has 20 nitrogen and oxygen atoms in total. The van der Waals surface area contributed by atoms with Crippen molar-refractivity contribution < 1.29 is 42.6 Å². The first-order chi connectivity index (χ1) is 28.2. The molecule has 1 atom stereocenters. The van der Waals surface area contributed by atoms with Crippen LogP contribution in [0.4, 0.5) is 17.5 Å². The summed E-state index contributed by atoms with van der Waals surface area (Å²) in [6.45, 7) is 3.30. The van der Waals surface area contributed by atoms with Crippen molar-refractivity contribution in [3.8, 4) is 11.3 Å². The first-order valence-electron chi connectivity index (χ1n) is 18.9. The number of aryl methyl sites for hydroxylation is 1. The number of nitrogen functional groups attached to an aromatic ring is 2. The molecular weight excluding hydrogens is 754 g/mol. The smallest absolute Gasteiger partial charge is 0.292 e. The Bertz CT molecular complexity index is 2340. The van der Waals surface area contributed by atoms with Crippen LogP contribution in [0.1, 0.15) is 52.8 Å². The topological polar surface area (TPSA) is 274 Å². The van der Waals surface area contributed by atoms with E-state index in [-0.39, 0.29) is 48.9 Å². The number of carbonyl (C=O) groups excluding carboxylic acids is 5. The van der Waals surface area contributed by atoms with Crippen LogP contribution in [0.25, 0.3) is 33.4 Å². The van der Waals surface area contributed by atoms with E-state index in [2.05, 4.69) is 30.9 Å². The monoisotopic (exact) mass is 797 g/mol. The summed E-state index contributed by atoms with van der Waals surface area (Å²) in [4.78, 5) is 76.1. The van der Waals surface area contributed by atoms with Crippen LogP contribution in [0, 0.1) is 0 Å². The van der Waals surface area contributed by atoms with Crippen molar-refractivity contribution in [3.63, 3.8) is 0 Å². The summed E-state index contributed by atoms with van der Waals surface area (Å²) in [5.74, 6) is -2.01. The van der Waals surface area contributed by atoms with Crippen LogP contribution >= 0.6 is 0 Å². The van der Waals surface area contributed by atoms with Crippen LogP contribution in [-0.4, -0.2) is 118 Å². The average Bonchev–Trinajstić information content (AvgIpc) is 3.85. The molecule has 2 aromatic carbocycles. The Kier molecular flexibility index (Phi) is 12.4. The third-order valence-electron chi connectivity index (χ3n) is 9.60. The zero-order valence-corrected chi connectivity index (χ0v) is 31.5. The standard InChI is InChI=1S/C38H43N11O9/c39-33-31-32(22-6-8-27-25(20-22)45-38(40)58-27)47-48(34(31)44-21-43-33)13-2-1-11-42-28(50)10-14-55-16-18-57-19-17-56-15-12-41-24-5-3-4-23-30(24)37(54)49(36(23)53)26-7-9-29(51)46-35(26)52/h3-6,8,20-21,26,41H,1-2,7,9-19H2,(H2,40,45)(H,42,50)(H2,39,43,44)(H,46,51,52). The molecule has 0 radical (unpaired) electrons. The van der Waals surface area contributed by atoms with E-state index in [1.165, 1.54) is 6.33 Å². The Morgan fingerprint density at radius 3 is 2.53 bits per heavy atom. The molecule has 5 aromatic rings. The number of benzene rings is 2. The molecule has 304 valence electrons. The van der Waals surface area contributed by atoms with E-state index in [1.807, 2.05) is 12.1 Å². The maximum absolute atomic E-state index is 13.2. The molecule has 0 aliphatic carbocycles. The number of oxazole rings is 1. The molecule has 1 fully saturated rings. The number of anilines is 3. The van der Waals surface area contributed by atoms with Crippen molar-refractivity contribution in [1.29, 1.82) is 0 Å². The van der Waals surface area contributed by atoms with Gasteiger partial charge in [0.05, 0.1) is 56.2 Å². The van der Waals surface area contributed by atoms with E-state index in [9.17, 15) is 24.0 Å². The number of hydrogen-bond acceptors (Lipinski definition) is 16. The number of ether oxygens (including phenoxy) is 3. The third-order valence-corrected chi connectivity index (χ3v) is 9.60. The van der Waals surface area contributed by atoms with Gasteiger partial charge in [0, 0.05) is 43.7 Å². The minimum atomic E-state index is -1.03. The first kappa shape index (κ1) is 39.7. The predicted molar refractivity (Wildman–Crippen MR) is 208 cm³/mol. The van der Waals surface area contributed by atoms with E-state index in [1.54, 1.807) is 28.9 Å². The first-order valence-corrected chi connectivity index (χ1v) is 18.9. The van der Waals surface area contributed by atoms with Gasteiger partial charge in [-0.15, -0.1) is 0 Å². The fraction of sp³-hybridized carbons (Fsp3) is 0.395. The molecule has 3 aromatic heterocycles. The minimum Gasteiger partial charge on any atom is -0.424 e. The number of nitrogens with two attached hydrogens (primary N) is 2. The van der Waals surface area contributed by atoms with Crippen LogP contribution < -0.4 is 27.4 Å². The largest absolute Gasteiger partial charge is 0.424 e. The van der Waals surface area contributed by atoms with Crippen LogP contribution in [-0.2, 0) is 35.1 Å². The van der Waals surface area contributed by atoms with Crippen LogP contribution in [0.2, 0.25) is 0 Å². The fourth-order valence-corrected chi connectivity index (χ4v) is 6.81. The second-order valence-corrected chi connectivity index (χ2v) is 13.5. The quantitative estimate of drug-likeness (QED) is 0.0553. The van der Waals surface area contributed by atoms with E-state index in [0.717, 1.165) is 23.3 Å². The molecule has 2 aliphatic rings. The van der Waals surface area contributed by atoms with Gasteiger partial charge in [-0.1, -0.05) is 6.07 Å². The van der Waals surface area contributed by atoms with Gasteiger partial charge in [-0.3, -0.25) is 34.2 Å². The molecular formula is C38H43N11O9. The molecule has 5 amide bonds. The van der Waals surface area contributed by atoms with Gasteiger partial charge in [-0.2, -0.15) is 10.1 Å². The summed E-state index contributed by atoms with van der Waals surface area (Å²) in [7, 11) is 0. The van der Waals surface area contributed by atoms with Crippen LogP contribution in [0.15, 0.2) is 47.1 Å². The SMILES string of the molecule is Nc1nc2cc(-c3nn(CCCCNC(=O)CCOCCOCCOCCNc4cccc5c4C(=O)N(C4CCC(=O)NC4=O)C5=O)c4ncnc(N)c34)ccc2o1. The van der Waals surface area contributed by atoms with Gasteiger partial charge in [0.15, 0.2) is 11.2 Å². The highest BCUT2D eigenvalue weighted by atomic mass is 16.5. The maximum Gasteiger partial charge on any atom is 0.292 e. The summed E-state index contributed by atoms with van der Waals surface area (Å²) >= 11 is 0. The van der Waals surface area contributed by atoms with Gasteiger partial charge in [0.25, 0.3) is 17.8 Å². The Morgan fingerprint density at radius 2 is 1.72 bits per heavy atom. The number of carbonyl (C=O) groups is 5. The van der Waals surface area contributed by atoms with Gasteiger partial charge >= 0.3 is 0 Å². The van der Waals surface area contributed by atoms with E-state index in [4.69, 9.17) is 35.2 Å². The third kappa shape index (κ3) is 8.88. The second-order valence-electron chi connectivity index (χ2n) is 13.5. The predicted octanol–water partition coefficient (Wildman–Crippen LogP) is 1.65. The van der Waals surface area contributed by atoms with Gasteiger partial charge < -0.3 is 40.7 Å². The number of nitrogens with one attached hydrogen (secondary N) is 3. The van der Waals surface area contributed by atoms with Crippen LogP contribution in [0.3, 0.4) is 0 Å². The number of rotatable bonds is 20. The number of piperidine rings is 1. The zero-order chi connectivity index (χ0) is 40.6. The number of fused-ring (bicyclic) bond motifs is 3. The average molecular weight is 798 g/mol. The number of nitrogens with zero attached hydrogens (tertiary/aromatic N) is 6. The van der Waals surface area contributed by atoms with Crippen LogP contribution in [0.5, 0.6) is 0 Å². The number of imide groups is 2. The lowest BCUT2D eigenvalue weighted by molar-refractivity contribution is -0.136. The molecule has 2 aliphatic heterocycles. The fourth-order valence-electron chi connectivity index (χ4n) is 6.81. The highest BCUT2D eigenvalue weighted by Crippen LogP contribution is 2.34. The van der Waals surface area contributed by atoms with Crippen molar-refractivity contribution in [1.82, 2.24) is 40.3 Å². The van der Waals surface area contributed by atoms with Crippen molar-refractivity contribution in [2.24, 2.45) is 0 Å². The zero-order valence-electron chi connectivity index (χ0n) is 31.5. The summed E-state index contributed by atoms with van der Waals surface area (Å²) in [5.41, 5.74) is 16.0. The van der Waals surface area contributed by atoms with Crippen molar-refractivity contribution >= 4 is 69.2 Å². The Balaban J connectivity index is 0.724. The van der Waals surface area contributed by atoms with Crippen molar-refractivity contribution in [3.05, 3.63) is 53.9 Å². The molecule has 1 saturated heterocycles.